The molecule has 0 aromatic heterocycles. The summed E-state index contributed by atoms with van der Waals surface area (Å²) < 4.78 is 5.76. The molecule has 0 amide bonds. The van der Waals surface area contributed by atoms with Gasteiger partial charge in [0, 0.05) is 25.2 Å². The second kappa shape index (κ2) is 5.00. The van der Waals surface area contributed by atoms with E-state index < -0.39 is 0 Å². The van der Waals surface area contributed by atoms with Crippen molar-refractivity contribution in [2.75, 3.05) is 26.2 Å². The van der Waals surface area contributed by atoms with Crippen LogP contribution < -0.4 is 5.73 Å². The van der Waals surface area contributed by atoms with E-state index in [1.165, 1.54) is 12.8 Å². The Balaban J connectivity index is 0.00000112. The van der Waals surface area contributed by atoms with Crippen LogP contribution in [0.25, 0.3) is 0 Å². The van der Waals surface area contributed by atoms with Crippen LogP contribution in [-0.4, -0.2) is 42.8 Å². The fourth-order valence-corrected chi connectivity index (χ4v) is 2.20. The summed E-state index contributed by atoms with van der Waals surface area (Å²) in [6.45, 7) is 8.19. The average Bonchev–Trinajstić information content (AvgIpc) is 2.83. The lowest BCUT2D eigenvalue weighted by Crippen LogP contribution is -2.51. The third-order valence-electron chi connectivity index (χ3n) is 2.96. The number of halogens is 1. The lowest BCUT2D eigenvalue weighted by molar-refractivity contribution is -0.0433. The highest BCUT2D eigenvalue weighted by Crippen LogP contribution is 2.35. The molecule has 0 radical (unpaired) electrons. The molecule has 0 aromatic rings. The minimum atomic E-state index is -0.0779. The molecule has 1 unspecified atom stereocenters. The molecule has 90 valence electrons. The summed E-state index contributed by atoms with van der Waals surface area (Å²) in [5.74, 6) is 0.846. The normalized spacial score (nSPS) is 28.6. The van der Waals surface area contributed by atoms with Crippen LogP contribution in [-0.2, 0) is 4.74 Å². The molecule has 2 N–H and O–H groups in total. The second-order valence-corrected chi connectivity index (χ2v) is 5.47. The largest absolute Gasteiger partial charge is 0.375 e. The van der Waals surface area contributed by atoms with Gasteiger partial charge in [0.2, 0.25) is 0 Å². The number of nitrogens with zero attached hydrogens (tertiary/aromatic N) is 1. The molecular formula is C11H23ClN2O. The molecular weight excluding hydrogens is 212 g/mol. The van der Waals surface area contributed by atoms with Crippen LogP contribution >= 0.6 is 12.4 Å². The fourth-order valence-electron chi connectivity index (χ4n) is 2.20. The van der Waals surface area contributed by atoms with Crippen molar-refractivity contribution in [2.45, 2.75) is 38.3 Å². The Kier molecular flexibility index (Phi) is 4.41. The number of hydrogen-bond donors (Lipinski definition) is 1. The maximum Gasteiger partial charge on any atom is 0.0730 e. The molecule has 1 aliphatic carbocycles. The molecule has 15 heavy (non-hydrogen) atoms. The van der Waals surface area contributed by atoms with Crippen molar-refractivity contribution in [3.8, 4) is 0 Å². The number of rotatable bonds is 3. The first kappa shape index (κ1) is 13.2. The smallest absolute Gasteiger partial charge is 0.0730 e. The Morgan fingerprint density at radius 3 is 2.60 bits per heavy atom. The average molecular weight is 235 g/mol. The first-order valence-electron chi connectivity index (χ1n) is 5.67. The number of ether oxygens (including phenoxy) is 1. The number of nitrogens with two attached hydrogens (primary N) is 1. The summed E-state index contributed by atoms with van der Waals surface area (Å²) in [6, 6.07) is 0. The zero-order valence-corrected chi connectivity index (χ0v) is 10.6. The van der Waals surface area contributed by atoms with E-state index in [9.17, 15) is 0 Å². The van der Waals surface area contributed by atoms with Gasteiger partial charge in [-0.3, -0.25) is 4.90 Å². The van der Waals surface area contributed by atoms with Crippen LogP contribution in [0.4, 0.5) is 0 Å². The van der Waals surface area contributed by atoms with Gasteiger partial charge in [-0.25, -0.2) is 0 Å². The monoisotopic (exact) mass is 234 g/mol. The minimum absolute atomic E-state index is 0. The van der Waals surface area contributed by atoms with Gasteiger partial charge < -0.3 is 10.5 Å². The van der Waals surface area contributed by atoms with Gasteiger partial charge in [0.15, 0.2) is 0 Å². The lowest BCUT2D eigenvalue weighted by Gasteiger charge is -2.36. The lowest BCUT2D eigenvalue weighted by atomic mass is 10.1. The molecule has 0 aromatic carbocycles. The molecule has 1 saturated carbocycles. The van der Waals surface area contributed by atoms with Crippen molar-refractivity contribution >= 4 is 12.4 Å². The van der Waals surface area contributed by atoms with E-state index in [2.05, 4.69) is 18.7 Å². The number of hydrogen-bond acceptors (Lipinski definition) is 3. The zero-order valence-electron chi connectivity index (χ0n) is 9.74. The Bertz CT molecular complexity index is 201. The maximum atomic E-state index is 6.02. The van der Waals surface area contributed by atoms with Crippen LogP contribution in [0.5, 0.6) is 0 Å². The van der Waals surface area contributed by atoms with E-state index in [-0.39, 0.29) is 17.9 Å². The summed E-state index contributed by atoms with van der Waals surface area (Å²) >= 11 is 0. The van der Waals surface area contributed by atoms with E-state index in [4.69, 9.17) is 10.5 Å². The first-order chi connectivity index (χ1) is 6.54. The van der Waals surface area contributed by atoms with Gasteiger partial charge in [-0.05, 0) is 32.6 Å². The zero-order chi connectivity index (χ0) is 10.2. The predicted molar refractivity (Wildman–Crippen MR) is 64.4 cm³/mol. The fraction of sp³-hybridized carbons (Fsp3) is 1.00. The highest BCUT2D eigenvalue weighted by atomic mass is 35.5. The van der Waals surface area contributed by atoms with Crippen LogP contribution in [0.1, 0.15) is 26.7 Å². The molecule has 3 nitrogen and oxygen atoms in total. The van der Waals surface area contributed by atoms with Crippen molar-refractivity contribution < 1.29 is 4.74 Å². The highest BCUT2D eigenvalue weighted by molar-refractivity contribution is 5.85. The second-order valence-electron chi connectivity index (χ2n) is 5.47. The third-order valence-corrected chi connectivity index (χ3v) is 2.96. The molecule has 2 fully saturated rings. The first-order valence-corrected chi connectivity index (χ1v) is 5.67. The Hall–Kier alpha value is 0.170. The SMILES string of the molecule is CC(C)(N)CN1CCOC(C2CC2)C1.Cl. The van der Waals surface area contributed by atoms with E-state index in [1.807, 2.05) is 0 Å². The third kappa shape index (κ3) is 4.27. The quantitative estimate of drug-likeness (QED) is 0.799. The molecule has 1 aliphatic heterocycles. The van der Waals surface area contributed by atoms with Gasteiger partial charge in [-0.15, -0.1) is 12.4 Å². The van der Waals surface area contributed by atoms with Gasteiger partial charge in [-0.2, -0.15) is 0 Å². The van der Waals surface area contributed by atoms with Gasteiger partial charge in [0.1, 0.15) is 0 Å². The van der Waals surface area contributed by atoms with Crippen LogP contribution in [0, 0.1) is 5.92 Å². The predicted octanol–water partition coefficient (Wildman–Crippen LogP) is 1.26. The van der Waals surface area contributed by atoms with Gasteiger partial charge in [0.25, 0.3) is 0 Å². The molecule has 2 rings (SSSR count). The molecule has 2 aliphatic rings. The summed E-state index contributed by atoms with van der Waals surface area (Å²) in [5.41, 5.74) is 5.94. The Morgan fingerprint density at radius 1 is 1.40 bits per heavy atom. The van der Waals surface area contributed by atoms with Crippen molar-refractivity contribution in [2.24, 2.45) is 11.7 Å². The standard InChI is InChI=1S/C11H22N2O.ClH/c1-11(2,12)8-13-5-6-14-10(7-13)9-3-4-9;/h9-10H,3-8,12H2,1-2H3;1H. The maximum absolute atomic E-state index is 6.02. The van der Waals surface area contributed by atoms with E-state index in [1.54, 1.807) is 0 Å². The van der Waals surface area contributed by atoms with E-state index in [0.29, 0.717) is 6.10 Å². The minimum Gasteiger partial charge on any atom is -0.375 e. The molecule has 0 bridgehead atoms. The summed E-state index contributed by atoms with van der Waals surface area (Å²) in [4.78, 5) is 2.45. The molecule has 4 heteroatoms. The van der Waals surface area contributed by atoms with Crippen LogP contribution in [0.2, 0.25) is 0 Å². The van der Waals surface area contributed by atoms with Gasteiger partial charge in [0.05, 0.1) is 12.7 Å². The summed E-state index contributed by atoms with van der Waals surface area (Å²) in [7, 11) is 0. The molecule has 1 atom stereocenters. The topological polar surface area (TPSA) is 38.5 Å². The van der Waals surface area contributed by atoms with E-state index >= 15 is 0 Å². The van der Waals surface area contributed by atoms with E-state index in [0.717, 1.165) is 32.2 Å². The molecule has 0 spiro atoms. The van der Waals surface area contributed by atoms with Crippen LogP contribution in [0.3, 0.4) is 0 Å². The van der Waals surface area contributed by atoms with Crippen LogP contribution in [0.15, 0.2) is 0 Å². The highest BCUT2D eigenvalue weighted by Gasteiger charge is 2.35. The van der Waals surface area contributed by atoms with Crippen molar-refractivity contribution in [3.05, 3.63) is 0 Å². The Labute approximate surface area is 98.7 Å². The number of morpholine rings is 1. The molecule has 1 heterocycles. The van der Waals surface area contributed by atoms with Crippen molar-refractivity contribution in [1.82, 2.24) is 4.90 Å². The Morgan fingerprint density at radius 2 is 2.07 bits per heavy atom. The van der Waals surface area contributed by atoms with Crippen molar-refractivity contribution in [1.29, 1.82) is 0 Å². The van der Waals surface area contributed by atoms with Crippen molar-refractivity contribution in [3.63, 3.8) is 0 Å². The van der Waals surface area contributed by atoms with Gasteiger partial charge in [-0.1, -0.05) is 0 Å². The summed E-state index contributed by atoms with van der Waals surface area (Å²) in [6.07, 6.45) is 3.22. The summed E-state index contributed by atoms with van der Waals surface area (Å²) in [5, 5.41) is 0. The van der Waals surface area contributed by atoms with Gasteiger partial charge >= 0.3 is 0 Å². The molecule has 1 saturated heterocycles.